The highest BCUT2D eigenvalue weighted by Crippen LogP contribution is 2.22. The predicted octanol–water partition coefficient (Wildman–Crippen LogP) is 5.05. The summed E-state index contributed by atoms with van der Waals surface area (Å²) in [6.45, 7) is 1.15. The maximum atomic E-state index is 14.5. The van der Waals surface area contributed by atoms with Gasteiger partial charge in [-0.15, -0.1) is 0 Å². The quantitative estimate of drug-likeness (QED) is 0.102. The number of pyridine rings is 1. The zero-order valence-electron chi connectivity index (χ0n) is 25.9. The molecule has 0 unspecified atom stereocenters. The maximum Gasteiger partial charge on any atom is 0.294 e. The summed E-state index contributed by atoms with van der Waals surface area (Å²) >= 11 is 0. The number of hydrogen-bond donors (Lipinski definition) is 1. The van der Waals surface area contributed by atoms with Gasteiger partial charge >= 0.3 is 0 Å². The number of anilines is 1. The average molecular weight is 672 g/mol. The third-order valence-corrected chi connectivity index (χ3v) is 8.18. The molecule has 3 heterocycles. The van der Waals surface area contributed by atoms with Crippen LogP contribution in [-0.4, -0.2) is 62.2 Å². The van der Waals surface area contributed by atoms with Gasteiger partial charge in [0.2, 0.25) is 5.78 Å². The van der Waals surface area contributed by atoms with Gasteiger partial charge in [0.25, 0.3) is 11.5 Å². The van der Waals surface area contributed by atoms with Crippen molar-refractivity contribution in [2.24, 2.45) is 0 Å². The first kappa shape index (κ1) is 32.9. The molecular weight excluding hydrogens is 642 g/mol. The first-order valence-electron chi connectivity index (χ1n) is 15.3. The molecule has 1 N–H and O–H groups in total. The second-order valence-electron chi connectivity index (χ2n) is 11.5. The van der Waals surface area contributed by atoms with Crippen LogP contribution in [0.4, 0.5) is 23.2 Å². The summed E-state index contributed by atoms with van der Waals surface area (Å²) in [5, 5.41) is 15.2. The highest BCUT2D eigenvalue weighted by molar-refractivity contribution is 6.41. The number of aromatic nitrogens is 3. The molecule has 2 aromatic heterocycles. The molecule has 1 aliphatic rings. The van der Waals surface area contributed by atoms with E-state index in [2.05, 4.69) is 10.00 Å². The van der Waals surface area contributed by atoms with E-state index in [1.165, 1.54) is 29.3 Å². The summed E-state index contributed by atoms with van der Waals surface area (Å²) in [6.07, 6.45) is 4.96. The average Bonchev–Trinajstić information content (AvgIpc) is 3.63. The van der Waals surface area contributed by atoms with Crippen LogP contribution in [-0.2, 0) is 22.6 Å². The van der Waals surface area contributed by atoms with Crippen LogP contribution in [0.5, 0.6) is 0 Å². The van der Waals surface area contributed by atoms with Gasteiger partial charge < -0.3 is 19.5 Å². The van der Waals surface area contributed by atoms with Crippen LogP contribution in [0, 0.1) is 23.3 Å². The van der Waals surface area contributed by atoms with Crippen LogP contribution in [0.2, 0.25) is 0 Å². The Morgan fingerprint density at radius 1 is 0.816 bits per heavy atom. The molecule has 0 spiro atoms. The van der Waals surface area contributed by atoms with Crippen molar-refractivity contribution in [2.75, 3.05) is 31.1 Å². The Bertz CT molecular complexity index is 2080. The van der Waals surface area contributed by atoms with Crippen molar-refractivity contribution in [2.45, 2.75) is 13.0 Å². The monoisotopic (exact) mass is 671 g/mol. The molecule has 5 aromatic rings. The molecule has 3 aromatic carbocycles. The van der Waals surface area contributed by atoms with Crippen molar-refractivity contribution in [1.29, 1.82) is 0 Å². The summed E-state index contributed by atoms with van der Waals surface area (Å²) in [4.78, 5) is 43.0. The van der Waals surface area contributed by atoms with Gasteiger partial charge in [-0.1, -0.05) is 12.1 Å². The Kier molecular flexibility index (Phi) is 9.42. The number of ketones is 1. The highest BCUT2D eigenvalue weighted by Gasteiger charge is 2.26. The fraction of sp³-hybridized carbons (Fsp3) is 0.167. The third kappa shape index (κ3) is 7.45. The van der Waals surface area contributed by atoms with E-state index in [4.69, 9.17) is 0 Å². The predicted molar refractivity (Wildman–Crippen MR) is 173 cm³/mol. The molecular formula is C36H29F4N5O4. The number of amides is 1. The lowest BCUT2D eigenvalue weighted by molar-refractivity contribution is -0.142. The number of benzene rings is 3. The summed E-state index contributed by atoms with van der Waals surface area (Å²) in [7, 11) is 0. The number of carbonyl (C=O) groups excluding carboxylic acids is 2. The van der Waals surface area contributed by atoms with Crippen molar-refractivity contribution in [3.05, 3.63) is 153 Å². The lowest BCUT2D eigenvalue weighted by Gasteiger charge is -2.35. The number of halogens is 4. The first-order valence-corrected chi connectivity index (χ1v) is 15.3. The maximum absolute atomic E-state index is 14.5. The van der Waals surface area contributed by atoms with E-state index < -0.39 is 63.8 Å². The van der Waals surface area contributed by atoms with E-state index in [1.807, 2.05) is 36.5 Å². The molecule has 0 aliphatic carbocycles. The molecule has 0 bridgehead atoms. The van der Waals surface area contributed by atoms with Gasteiger partial charge in [0.05, 0.1) is 17.8 Å². The molecule has 0 atom stereocenters. The van der Waals surface area contributed by atoms with Gasteiger partial charge in [-0.05, 0) is 59.7 Å². The van der Waals surface area contributed by atoms with Gasteiger partial charge in [0, 0.05) is 80.6 Å². The van der Waals surface area contributed by atoms with Crippen molar-refractivity contribution >= 4 is 23.1 Å². The highest BCUT2D eigenvalue weighted by atomic mass is 19.1. The molecule has 1 saturated heterocycles. The van der Waals surface area contributed by atoms with Crippen LogP contribution >= 0.6 is 0 Å². The first-order chi connectivity index (χ1) is 23.5. The Morgan fingerprint density at radius 3 is 2.16 bits per heavy atom. The smallest absolute Gasteiger partial charge is 0.294 e. The minimum absolute atomic E-state index is 0.114. The third-order valence-electron chi connectivity index (χ3n) is 8.18. The van der Waals surface area contributed by atoms with E-state index >= 15 is 0 Å². The topological polar surface area (TPSA) is 101 Å². The van der Waals surface area contributed by atoms with E-state index in [0.29, 0.717) is 36.9 Å². The lowest BCUT2D eigenvalue weighted by atomic mass is 10.0. The Morgan fingerprint density at radius 2 is 1.51 bits per heavy atom. The lowest BCUT2D eigenvalue weighted by Crippen LogP contribution is -2.50. The second kappa shape index (κ2) is 14.0. The number of hydrogen-bond acceptors (Lipinski definition) is 6. The number of carbonyl (C=O) groups is 2. The SMILES string of the molecule is O=C(/C=C(/O)c1cc(Cc2c(F)cc(F)cc2F)cn(Cc2cccc(F)c2)c1=O)C(=O)N1CCN(c2ccc(-n3cccn3)cc2)CC1. The van der Waals surface area contributed by atoms with Crippen LogP contribution in [0.1, 0.15) is 22.3 Å². The number of nitrogens with zero attached hydrogens (tertiary/aromatic N) is 5. The standard InChI is InChI=1S/C36H29F4N5O4/c37-25-4-1-3-23(15-25)21-44-22-24(16-29-31(39)18-26(38)19-32(29)40)17-30(35(44)48)33(46)20-34(47)36(49)43-13-11-42(12-14-43)27-5-7-28(8-6-27)45-10-2-9-41-45/h1-10,15,17-20,22,46H,11-14,16,21H2/b33-20+. The largest absolute Gasteiger partial charge is 0.507 e. The van der Waals surface area contributed by atoms with Crippen LogP contribution < -0.4 is 10.5 Å². The van der Waals surface area contributed by atoms with Gasteiger partial charge in [-0.3, -0.25) is 14.4 Å². The van der Waals surface area contributed by atoms with Crippen LogP contribution in [0.25, 0.3) is 11.4 Å². The molecule has 9 nitrogen and oxygen atoms in total. The zero-order chi connectivity index (χ0) is 34.7. The fourth-order valence-corrected chi connectivity index (χ4v) is 5.70. The fourth-order valence-electron chi connectivity index (χ4n) is 5.70. The van der Waals surface area contributed by atoms with Crippen molar-refractivity contribution < 1.29 is 32.3 Å². The van der Waals surface area contributed by atoms with Crippen molar-refractivity contribution in [1.82, 2.24) is 19.2 Å². The second-order valence-corrected chi connectivity index (χ2v) is 11.5. The number of aliphatic hydroxyl groups excluding tert-OH is 1. The number of piperazine rings is 1. The molecule has 1 amide bonds. The normalized spacial score (nSPS) is 13.5. The summed E-state index contributed by atoms with van der Waals surface area (Å²) in [5.41, 5.74) is 0.569. The van der Waals surface area contributed by atoms with Crippen molar-refractivity contribution in [3.63, 3.8) is 0 Å². The summed E-state index contributed by atoms with van der Waals surface area (Å²) in [6, 6.07) is 17.1. The molecule has 250 valence electrons. The van der Waals surface area contributed by atoms with Gasteiger partial charge in [0.1, 0.15) is 29.0 Å². The Balaban J connectivity index is 1.20. The summed E-state index contributed by atoms with van der Waals surface area (Å²) in [5.74, 6) is -6.79. The Hall–Kier alpha value is -5.98. The van der Waals surface area contributed by atoms with E-state index in [0.717, 1.165) is 22.0 Å². The molecule has 13 heteroatoms. The van der Waals surface area contributed by atoms with Gasteiger partial charge in [-0.25, -0.2) is 22.2 Å². The van der Waals surface area contributed by atoms with Crippen LogP contribution in [0.3, 0.4) is 0 Å². The van der Waals surface area contributed by atoms with E-state index in [9.17, 15) is 37.1 Å². The van der Waals surface area contributed by atoms with Gasteiger partial charge in [-0.2, -0.15) is 5.10 Å². The number of aliphatic hydroxyl groups is 1. The molecule has 1 fully saturated rings. The molecule has 6 rings (SSSR count). The van der Waals surface area contributed by atoms with E-state index in [1.54, 1.807) is 16.9 Å². The van der Waals surface area contributed by atoms with Gasteiger partial charge in [0.15, 0.2) is 0 Å². The molecule has 1 aliphatic heterocycles. The van der Waals surface area contributed by atoms with Crippen LogP contribution in [0.15, 0.2) is 102 Å². The minimum Gasteiger partial charge on any atom is -0.507 e. The molecule has 49 heavy (non-hydrogen) atoms. The Labute approximate surface area is 277 Å². The summed E-state index contributed by atoms with van der Waals surface area (Å²) < 4.78 is 59.2. The number of rotatable bonds is 9. The zero-order valence-corrected chi connectivity index (χ0v) is 25.9. The van der Waals surface area contributed by atoms with E-state index in [-0.39, 0.29) is 25.2 Å². The molecule has 0 radical (unpaired) electrons. The minimum atomic E-state index is -1.16. The van der Waals surface area contributed by atoms with Crippen molar-refractivity contribution in [3.8, 4) is 5.69 Å². The molecule has 0 saturated carbocycles.